The van der Waals surface area contributed by atoms with Crippen LogP contribution in [0.3, 0.4) is 0 Å². The normalized spacial score (nSPS) is 12.4. The van der Waals surface area contributed by atoms with Crippen molar-refractivity contribution in [2.45, 2.75) is 10.1 Å². The molecular formula is C15H12ClNO6S. The molecule has 0 aliphatic carbocycles. The number of hydrogen-bond donors (Lipinski definition) is 0. The molecule has 0 saturated carbocycles. The zero-order valence-electron chi connectivity index (χ0n) is 12.4. The first-order valence-electron chi connectivity index (χ1n) is 6.59. The van der Waals surface area contributed by atoms with Gasteiger partial charge in [-0.25, -0.2) is 8.42 Å². The number of carbonyl (C=O) groups is 1. The summed E-state index contributed by atoms with van der Waals surface area (Å²) in [5.74, 6) is -0.999. The lowest BCUT2D eigenvalue weighted by molar-refractivity contribution is -0.384. The van der Waals surface area contributed by atoms with Gasteiger partial charge < -0.3 is 4.74 Å². The minimum Gasteiger partial charge on any atom is -0.468 e. The number of benzene rings is 2. The van der Waals surface area contributed by atoms with Gasteiger partial charge in [-0.05, 0) is 18.2 Å². The zero-order chi connectivity index (χ0) is 17.9. The van der Waals surface area contributed by atoms with E-state index in [0.717, 1.165) is 31.4 Å². The molecule has 2 aromatic carbocycles. The summed E-state index contributed by atoms with van der Waals surface area (Å²) in [6.45, 7) is 0. The van der Waals surface area contributed by atoms with Gasteiger partial charge in [0.1, 0.15) is 0 Å². The molecule has 0 spiro atoms. The molecule has 1 atom stereocenters. The highest BCUT2D eigenvalue weighted by Gasteiger charge is 2.38. The molecule has 0 aliphatic heterocycles. The third kappa shape index (κ3) is 3.39. The number of ether oxygens (including phenoxy) is 1. The molecular weight excluding hydrogens is 358 g/mol. The number of rotatable bonds is 5. The number of nitrogens with zero attached hydrogens (tertiary/aromatic N) is 1. The van der Waals surface area contributed by atoms with Crippen molar-refractivity contribution in [1.82, 2.24) is 0 Å². The van der Waals surface area contributed by atoms with Crippen LogP contribution in [0.1, 0.15) is 10.8 Å². The SMILES string of the molecule is COC(=O)[C@H](c1ccccc1Cl)S(=O)(=O)c1ccc([N+](=O)[O-])cc1. The lowest BCUT2D eigenvalue weighted by atomic mass is 10.1. The van der Waals surface area contributed by atoms with Crippen LogP contribution < -0.4 is 0 Å². The number of non-ortho nitro benzene ring substituents is 1. The molecule has 9 heteroatoms. The molecule has 0 fully saturated rings. The van der Waals surface area contributed by atoms with Crippen molar-refractivity contribution in [2.75, 3.05) is 7.11 Å². The molecule has 24 heavy (non-hydrogen) atoms. The van der Waals surface area contributed by atoms with Gasteiger partial charge in [0.2, 0.25) is 0 Å². The number of carbonyl (C=O) groups excluding carboxylic acids is 1. The van der Waals surface area contributed by atoms with Crippen LogP contribution in [0.25, 0.3) is 0 Å². The monoisotopic (exact) mass is 369 g/mol. The molecule has 2 aromatic rings. The molecule has 2 rings (SSSR count). The molecule has 0 aliphatic rings. The lowest BCUT2D eigenvalue weighted by Gasteiger charge is -2.17. The van der Waals surface area contributed by atoms with Crippen LogP contribution in [0.15, 0.2) is 53.4 Å². The van der Waals surface area contributed by atoms with Gasteiger partial charge in [0.15, 0.2) is 15.1 Å². The van der Waals surface area contributed by atoms with E-state index >= 15 is 0 Å². The van der Waals surface area contributed by atoms with Crippen molar-refractivity contribution in [3.8, 4) is 0 Å². The fraction of sp³-hybridized carbons (Fsp3) is 0.133. The highest BCUT2D eigenvalue weighted by molar-refractivity contribution is 7.92. The Labute approximate surface area is 142 Å². The maximum absolute atomic E-state index is 12.8. The highest BCUT2D eigenvalue weighted by atomic mass is 35.5. The van der Waals surface area contributed by atoms with Crippen LogP contribution in [-0.4, -0.2) is 26.4 Å². The number of hydrogen-bond acceptors (Lipinski definition) is 6. The number of nitro groups is 1. The lowest BCUT2D eigenvalue weighted by Crippen LogP contribution is -2.24. The number of sulfone groups is 1. The first kappa shape index (κ1) is 17.9. The van der Waals surface area contributed by atoms with E-state index in [2.05, 4.69) is 4.74 Å². The van der Waals surface area contributed by atoms with Gasteiger partial charge in [-0.3, -0.25) is 14.9 Å². The van der Waals surface area contributed by atoms with E-state index in [0.29, 0.717) is 0 Å². The summed E-state index contributed by atoms with van der Waals surface area (Å²) in [6.07, 6.45) is 0. The highest BCUT2D eigenvalue weighted by Crippen LogP contribution is 2.34. The number of nitro benzene ring substituents is 1. The molecule has 0 heterocycles. The van der Waals surface area contributed by atoms with E-state index in [4.69, 9.17) is 11.6 Å². The second-order valence-electron chi connectivity index (χ2n) is 4.72. The van der Waals surface area contributed by atoms with Crippen LogP contribution in [0.4, 0.5) is 5.69 Å². The van der Waals surface area contributed by atoms with Gasteiger partial charge in [0.05, 0.1) is 16.9 Å². The van der Waals surface area contributed by atoms with Crippen molar-refractivity contribution in [3.63, 3.8) is 0 Å². The molecule has 0 amide bonds. The van der Waals surface area contributed by atoms with Gasteiger partial charge in [-0.1, -0.05) is 29.8 Å². The van der Waals surface area contributed by atoms with E-state index in [9.17, 15) is 23.3 Å². The Kier molecular flexibility index (Phi) is 5.20. The molecule has 7 nitrogen and oxygen atoms in total. The summed E-state index contributed by atoms with van der Waals surface area (Å²) in [7, 11) is -3.15. The summed E-state index contributed by atoms with van der Waals surface area (Å²) in [4.78, 5) is 21.9. The molecule has 0 saturated heterocycles. The predicted molar refractivity (Wildman–Crippen MR) is 86.5 cm³/mol. The Bertz CT molecular complexity index is 879. The average Bonchev–Trinajstić information content (AvgIpc) is 2.56. The Morgan fingerprint density at radius 3 is 2.25 bits per heavy atom. The predicted octanol–water partition coefficient (Wildman–Crippen LogP) is 2.94. The number of methoxy groups -OCH3 is 1. The molecule has 0 bridgehead atoms. The van der Waals surface area contributed by atoms with E-state index in [1.165, 1.54) is 12.1 Å². The Balaban J connectivity index is 2.58. The van der Waals surface area contributed by atoms with E-state index in [1.807, 2.05) is 0 Å². The van der Waals surface area contributed by atoms with Crippen molar-refractivity contribution in [1.29, 1.82) is 0 Å². The maximum Gasteiger partial charge on any atom is 0.329 e. The van der Waals surface area contributed by atoms with Crippen LogP contribution in [0.5, 0.6) is 0 Å². The molecule has 126 valence electrons. The minimum absolute atomic E-state index is 0.0735. The Morgan fingerprint density at radius 1 is 1.17 bits per heavy atom. The Morgan fingerprint density at radius 2 is 1.75 bits per heavy atom. The zero-order valence-corrected chi connectivity index (χ0v) is 14.0. The van der Waals surface area contributed by atoms with E-state index in [1.54, 1.807) is 12.1 Å². The van der Waals surface area contributed by atoms with Gasteiger partial charge in [-0.15, -0.1) is 0 Å². The quantitative estimate of drug-likeness (QED) is 0.456. The third-order valence-corrected chi connectivity index (χ3v) is 5.63. The van der Waals surface area contributed by atoms with Crippen LogP contribution in [0, 0.1) is 10.1 Å². The van der Waals surface area contributed by atoms with E-state index < -0.39 is 26.0 Å². The van der Waals surface area contributed by atoms with Gasteiger partial charge in [0.25, 0.3) is 5.69 Å². The molecule has 0 aromatic heterocycles. The second-order valence-corrected chi connectivity index (χ2v) is 7.16. The molecule has 0 unspecified atom stereocenters. The average molecular weight is 370 g/mol. The summed E-state index contributed by atoms with van der Waals surface area (Å²) in [6, 6.07) is 10.2. The van der Waals surface area contributed by atoms with Crippen molar-refractivity contribution in [3.05, 3.63) is 69.2 Å². The van der Waals surface area contributed by atoms with Crippen LogP contribution in [-0.2, 0) is 19.4 Å². The topological polar surface area (TPSA) is 104 Å². The summed E-state index contributed by atoms with van der Waals surface area (Å²) < 4.78 is 30.3. The number of esters is 1. The summed E-state index contributed by atoms with van der Waals surface area (Å²) >= 11 is 6.02. The van der Waals surface area contributed by atoms with Crippen molar-refractivity contribution < 1.29 is 22.9 Å². The maximum atomic E-state index is 12.8. The fourth-order valence-corrected chi connectivity index (χ4v) is 4.10. The van der Waals surface area contributed by atoms with Gasteiger partial charge >= 0.3 is 5.97 Å². The van der Waals surface area contributed by atoms with Crippen molar-refractivity contribution >= 4 is 33.1 Å². The second kappa shape index (κ2) is 6.98. The molecule has 0 N–H and O–H groups in total. The minimum atomic E-state index is -4.21. The third-order valence-electron chi connectivity index (χ3n) is 3.29. The van der Waals surface area contributed by atoms with Crippen LogP contribution in [0.2, 0.25) is 5.02 Å². The van der Waals surface area contributed by atoms with Crippen molar-refractivity contribution in [2.24, 2.45) is 0 Å². The molecule has 0 radical (unpaired) electrons. The largest absolute Gasteiger partial charge is 0.468 e. The first-order chi connectivity index (χ1) is 11.3. The Hall–Kier alpha value is -2.45. The van der Waals surface area contributed by atoms with Gasteiger partial charge in [0, 0.05) is 22.7 Å². The first-order valence-corrected chi connectivity index (χ1v) is 8.52. The smallest absolute Gasteiger partial charge is 0.329 e. The van der Waals surface area contributed by atoms with Gasteiger partial charge in [-0.2, -0.15) is 0 Å². The fourth-order valence-electron chi connectivity index (χ4n) is 2.11. The van der Waals surface area contributed by atoms with E-state index in [-0.39, 0.29) is 21.2 Å². The number of halogens is 1. The van der Waals surface area contributed by atoms with Crippen LogP contribution >= 0.6 is 11.6 Å². The summed E-state index contributed by atoms with van der Waals surface area (Å²) in [5.41, 5.74) is -0.189. The standard InChI is InChI=1S/C15H12ClNO6S/c1-23-15(18)14(12-4-2-3-5-13(12)16)24(21,22)11-8-6-10(7-9-11)17(19)20/h2-9,14H,1H3/t14-/m0/s1. The summed E-state index contributed by atoms with van der Waals surface area (Å²) in [5, 5.41) is 9.11.